The van der Waals surface area contributed by atoms with E-state index in [1.165, 1.54) is 28.0 Å². The summed E-state index contributed by atoms with van der Waals surface area (Å²) < 4.78 is 15.1. The van der Waals surface area contributed by atoms with Gasteiger partial charge in [-0.25, -0.2) is 4.39 Å². The summed E-state index contributed by atoms with van der Waals surface area (Å²) >= 11 is 6.77. The Kier molecular flexibility index (Phi) is 5.92. The number of rotatable bonds is 6. The zero-order chi connectivity index (χ0) is 22.0. The highest BCUT2D eigenvalue weighted by molar-refractivity contribution is 7.71. The maximum atomic E-state index is 13.4. The average Bonchev–Trinajstić information content (AvgIpc) is 3.30. The highest BCUT2D eigenvalue weighted by Crippen LogP contribution is 2.27. The van der Waals surface area contributed by atoms with Crippen LogP contribution in [0.25, 0.3) is 10.9 Å². The summed E-state index contributed by atoms with van der Waals surface area (Å²) in [7, 11) is 0. The second kappa shape index (κ2) is 8.79. The Balaban J connectivity index is 1.70. The fraction of sp³-hybridized carbons (Fsp3) is 0.0870. The van der Waals surface area contributed by atoms with Gasteiger partial charge in [0.05, 0.1) is 16.9 Å². The van der Waals surface area contributed by atoms with Crippen LogP contribution in [0.1, 0.15) is 26.8 Å². The number of fused-ring (bicyclic) bond motifs is 1. The Morgan fingerprint density at radius 3 is 2.71 bits per heavy atom. The number of thiophene rings is 1. The SMILES string of the molecule is C=CCn1c(=S)[nH]c2cc(C(=O)NC(c3ccc(F)cc3)c3cccs3)ccc2c1=O. The van der Waals surface area contributed by atoms with Crippen molar-refractivity contribution in [1.82, 2.24) is 14.9 Å². The minimum absolute atomic E-state index is 0.242. The number of benzene rings is 2. The molecule has 5 nitrogen and oxygen atoms in total. The largest absolute Gasteiger partial charge is 0.340 e. The summed E-state index contributed by atoms with van der Waals surface area (Å²) in [5.41, 5.74) is 1.39. The van der Waals surface area contributed by atoms with E-state index in [1.807, 2.05) is 17.5 Å². The van der Waals surface area contributed by atoms with E-state index in [-0.39, 0.29) is 22.1 Å². The lowest BCUT2D eigenvalue weighted by Crippen LogP contribution is -2.29. The molecule has 156 valence electrons. The van der Waals surface area contributed by atoms with Crippen molar-refractivity contribution in [3.05, 3.63) is 110 Å². The smallest absolute Gasteiger partial charge is 0.262 e. The van der Waals surface area contributed by atoms with Crippen LogP contribution < -0.4 is 10.9 Å². The van der Waals surface area contributed by atoms with Crippen LogP contribution in [0.3, 0.4) is 0 Å². The first-order chi connectivity index (χ1) is 15.0. The van der Waals surface area contributed by atoms with Gasteiger partial charge in [-0.3, -0.25) is 14.2 Å². The molecular weight excluding hydrogens is 433 g/mol. The van der Waals surface area contributed by atoms with Gasteiger partial charge in [0.25, 0.3) is 11.5 Å². The molecule has 8 heteroatoms. The third-order valence-corrected chi connectivity index (χ3v) is 6.12. The fourth-order valence-corrected chi connectivity index (χ4v) is 4.40. The van der Waals surface area contributed by atoms with E-state index in [0.717, 1.165) is 10.4 Å². The average molecular weight is 452 g/mol. The van der Waals surface area contributed by atoms with Gasteiger partial charge in [-0.1, -0.05) is 24.3 Å². The molecule has 2 N–H and O–H groups in total. The van der Waals surface area contributed by atoms with Crippen molar-refractivity contribution in [2.24, 2.45) is 0 Å². The van der Waals surface area contributed by atoms with Gasteiger partial charge >= 0.3 is 0 Å². The molecule has 4 rings (SSSR count). The van der Waals surface area contributed by atoms with Crippen LogP contribution in [0, 0.1) is 10.6 Å². The number of hydrogen-bond donors (Lipinski definition) is 2. The summed E-state index contributed by atoms with van der Waals surface area (Å²) in [6.45, 7) is 3.94. The van der Waals surface area contributed by atoms with Crippen molar-refractivity contribution in [3.8, 4) is 0 Å². The first-order valence-corrected chi connectivity index (χ1v) is 10.7. The lowest BCUT2D eigenvalue weighted by atomic mass is 10.0. The molecule has 0 aliphatic rings. The van der Waals surface area contributed by atoms with Crippen LogP contribution in [0.15, 0.2) is 77.4 Å². The summed E-state index contributed by atoms with van der Waals surface area (Å²) in [6.07, 6.45) is 1.60. The number of carbonyl (C=O) groups excluding carboxylic acids is 1. The van der Waals surface area contributed by atoms with Crippen molar-refractivity contribution in [2.45, 2.75) is 12.6 Å². The second-order valence-corrected chi connectivity index (χ2v) is 8.23. The number of aromatic amines is 1. The van der Waals surface area contributed by atoms with Gasteiger partial charge in [0, 0.05) is 17.0 Å². The van der Waals surface area contributed by atoms with E-state index >= 15 is 0 Å². The third-order valence-electron chi connectivity index (χ3n) is 4.86. The van der Waals surface area contributed by atoms with E-state index in [1.54, 1.807) is 36.4 Å². The van der Waals surface area contributed by atoms with Gasteiger partial charge < -0.3 is 10.3 Å². The number of aromatic nitrogens is 2. The van der Waals surface area contributed by atoms with Gasteiger partial charge in [-0.15, -0.1) is 17.9 Å². The van der Waals surface area contributed by atoms with Gasteiger partial charge in [0.15, 0.2) is 4.77 Å². The standard InChI is InChI=1S/C23H18FN3O2S2/c1-2-11-27-22(29)17-10-7-15(13-18(17)25-23(27)30)21(28)26-20(19-4-3-12-31-19)14-5-8-16(24)9-6-14/h2-10,12-13,20H,1,11H2,(H,25,30)(H,26,28). The molecule has 4 aromatic rings. The van der Waals surface area contributed by atoms with Crippen LogP contribution in [0.5, 0.6) is 0 Å². The first kappa shape index (κ1) is 20.9. The van der Waals surface area contributed by atoms with E-state index in [4.69, 9.17) is 12.2 Å². The minimum Gasteiger partial charge on any atom is -0.340 e. The highest BCUT2D eigenvalue weighted by atomic mass is 32.1. The summed E-state index contributed by atoms with van der Waals surface area (Å²) in [6, 6.07) is 14.2. The van der Waals surface area contributed by atoms with Crippen LogP contribution in [-0.2, 0) is 6.54 Å². The molecule has 0 radical (unpaired) electrons. The topological polar surface area (TPSA) is 66.9 Å². The number of amides is 1. The molecule has 2 aromatic carbocycles. The molecule has 0 saturated carbocycles. The number of allylic oxidation sites excluding steroid dienone is 1. The van der Waals surface area contributed by atoms with Crippen molar-refractivity contribution in [3.63, 3.8) is 0 Å². The Morgan fingerprint density at radius 1 is 1.26 bits per heavy atom. The summed E-state index contributed by atoms with van der Waals surface area (Å²) in [5.74, 6) is -0.661. The summed E-state index contributed by atoms with van der Waals surface area (Å²) in [4.78, 5) is 29.7. The molecule has 0 fully saturated rings. The number of nitrogens with zero attached hydrogens (tertiary/aromatic N) is 1. The quantitative estimate of drug-likeness (QED) is 0.321. The number of H-pyrrole nitrogens is 1. The number of hydrogen-bond acceptors (Lipinski definition) is 4. The molecular formula is C23H18FN3O2S2. The number of halogens is 1. The molecule has 0 saturated heterocycles. The lowest BCUT2D eigenvalue weighted by Gasteiger charge is -2.18. The Morgan fingerprint density at radius 2 is 2.03 bits per heavy atom. The van der Waals surface area contributed by atoms with Crippen molar-refractivity contribution < 1.29 is 9.18 Å². The Labute approximate surface area is 186 Å². The van der Waals surface area contributed by atoms with Gasteiger partial charge in [-0.05, 0) is 59.6 Å². The Bertz CT molecular complexity index is 1370. The molecule has 2 aromatic heterocycles. The molecule has 0 aliphatic heterocycles. The Hall–Kier alpha value is -3.36. The molecule has 1 atom stereocenters. The minimum atomic E-state index is -0.428. The zero-order valence-electron chi connectivity index (χ0n) is 16.3. The van der Waals surface area contributed by atoms with E-state index in [2.05, 4.69) is 16.9 Å². The van der Waals surface area contributed by atoms with Gasteiger partial charge in [-0.2, -0.15) is 0 Å². The summed E-state index contributed by atoms with van der Waals surface area (Å²) in [5, 5.41) is 5.36. The maximum Gasteiger partial charge on any atom is 0.262 e. The van der Waals surface area contributed by atoms with E-state index < -0.39 is 6.04 Å². The molecule has 0 aliphatic carbocycles. The van der Waals surface area contributed by atoms with Crippen LogP contribution >= 0.6 is 23.6 Å². The predicted molar refractivity (Wildman–Crippen MR) is 124 cm³/mol. The molecule has 31 heavy (non-hydrogen) atoms. The molecule has 0 spiro atoms. The monoisotopic (exact) mass is 451 g/mol. The first-order valence-electron chi connectivity index (χ1n) is 9.45. The maximum absolute atomic E-state index is 13.4. The number of nitrogens with one attached hydrogen (secondary N) is 2. The van der Waals surface area contributed by atoms with Crippen molar-refractivity contribution >= 4 is 40.4 Å². The van der Waals surface area contributed by atoms with E-state index in [0.29, 0.717) is 23.0 Å². The lowest BCUT2D eigenvalue weighted by molar-refractivity contribution is 0.0943. The highest BCUT2D eigenvalue weighted by Gasteiger charge is 2.19. The van der Waals surface area contributed by atoms with Gasteiger partial charge in [0.1, 0.15) is 5.82 Å². The molecule has 1 unspecified atom stereocenters. The van der Waals surface area contributed by atoms with Crippen LogP contribution in [0.2, 0.25) is 0 Å². The predicted octanol–water partition coefficient (Wildman–Crippen LogP) is 4.97. The van der Waals surface area contributed by atoms with Crippen molar-refractivity contribution in [2.75, 3.05) is 0 Å². The van der Waals surface area contributed by atoms with Crippen LogP contribution in [0.4, 0.5) is 4.39 Å². The fourth-order valence-electron chi connectivity index (χ4n) is 3.33. The number of carbonyl (C=O) groups is 1. The van der Waals surface area contributed by atoms with E-state index in [9.17, 15) is 14.0 Å². The molecule has 1 amide bonds. The second-order valence-electron chi connectivity index (χ2n) is 6.87. The zero-order valence-corrected chi connectivity index (χ0v) is 17.9. The normalized spacial score (nSPS) is 11.9. The van der Waals surface area contributed by atoms with Crippen LogP contribution in [-0.4, -0.2) is 15.5 Å². The molecule has 2 heterocycles. The van der Waals surface area contributed by atoms with Crippen molar-refractivity contribution in [1.29, 1.82) is 0 Å². The third kappa shape index (κ3) is 4.26. The van der Waals surface area contributed by atoms with Gasteiger partial charge in [0.2, 0.25) is 0 Å². The molecule has 0 bridgehead atoms.